The molecule has 1 N–H and O–H groups in total. The third kappa shape index (κ3) is 4.08. The molecular formula is C19H24O2. The summed E-state index contributed by atoms with van der Waals surface area (Å²) in [6.45, 7) is 4.21. The number of rotatable bonds is 7. The smallest absolute Gasteiger partial charge is 0.127 e. The van der Waals surface area contributed by atoms with Gasteiger partial charge in [0.25, 0.3) is 0 Å². The lowest BCUT2D eigenvalue weighted by Gasteiger charge is -2.28. The first-order valence-corrected chi connectivity index (χ1v) is 7.74. The molecule has 2 heteroatoms. The lowest BCUT2D eigenvalue weighted by atomic mass is 9.85. The number of benzene rings is 2. The van der Waals surface area contributed by atoms with Crippen molar-refractivity contribution < 1.29 is 9.84 Å². The van der Waals surface area contributed by atoms with Gasteiger partial charge in [0.05, 0.1) is 5.60 Å². The van der Waals surface area contributed by atoms with Gasteiger partial charge in [-0.25, -0.2) is 0 Å². The third-order valence-electron chi connectivity index (χ3n) is 3.70. The molecule has 112 valence electrons. The van der Waals surface area contributed by atoms with Crippen LogP contribution in [0.25, 0.3) is 0 Å². The van der Waals surface area contributed by atoms with Crippen molar-refractivity contribution in [3.8, 4) is 11.5 Å². The maximum absolute atomic E-state index is 10.8. The predicted molar refractivity (Wildman–Crippen MR) is 86.7 cm³/mol. The van der Waals surface area contributed by atoms with Gasteiger partial charge in [-0.1, -0.05) is 57.0 Å². The average molecular weight is 284 g/mol. The molecule has 0 saturated carbocycles. The van der Waals surface area contributed by atoms with Crippen molar-refractivity contribution in [2.75, 3.05) is 0 Å². The monoisotopic (exact) mass is 284 g/mol. The average Bonchev–Trinajstić information content (AvgIpc) is 2.49. The number of hydrogen-bond acceptors (Lipinski definition) is 2. The summed E-state index contributed by atoms with van der Waals surface area (Å²) >= 11 is 0. The van der Waals surface area contributed by atoms with E-state index in [2.05, 4.69) is 13.8 Å². The lowest BCUT2D eigenvalue weighted by Crippen LogP contribution is -2.25. The Hall–Kier alpha value is -1.80. The largest absolute Gasteiger partial charge is 0.457 e. The van der Waals surface area contributed by atoms with E-state index in [4.69, 9.17) is 4.74 Å². The Morgan fingerprint density at radius 2 is 1.33 bits per heavy atom. The van der Waals surface area contributed by atoms with E-state index in [-0.39, 0.29) is 0 Å². The van der Waals surface area contributed by atoms with Gasteiger partial charge in [-0.05, 0) is 42.7 Å². The van der Waals surface area contributed by atoms with E-state index < -0.39 is 5.60 Å². The molecule has 21 heavy (non-hydrogen) atoms. The van der Waals surface area contributed by atoms with Gasteiger partial charge in [-0.15, -0.1) is 0 Å². The maximum atomic E-state index is 10.8. The molecule has 0 spiro atoms. The predicted octanol–water partition coefficient (Wildman–Crippen LogP) is 5.27. The molecule has 0 atom stereocenters. The van der Waals surface area contributed by atoms with Gasteiger partial charge < -0.3 is 9.84 Å². The summed E-state index contributed by atoms with van der Waals surface area (Å²) in [7, 11) is 0. The number of aliphatic hydroxyl groups is 1. The van der Waals surface area contributed by atoms with Crippen LogP contribution < -0.4 is 4.74 Å². The quantitative estimate of drug-likeness (QED) is 0.750. The van der Waals surface area contributed by atoms with Crippen LogP contribution in [0.3, 0.4) is 0 Å². The van der Waals surface area contributed by atoms with E-state index in [1.807, 2.05) is 54.6 Å². The van der Waals surface area contributed by atoms with E-state index in [0.29, 0.717) is 0 Å². The first kappa shape index (κ1) is 15.6. The number of ether oxygens (including phenoxy) is 1. The van der Waals surface area contributed by atoms with E-state index in [0.717, 1.165) is 42.7 Å². The van der Waals surface area contributed by atoms with Gasteiger partial charge in [0.15, 0.2) is 0 Å². The van der Waals surface area contributed by atoms with Crippen LogP contribution in [0.4, 0.5) is 0 Å². The Bertz CT molecular complexity index is 525. The molecule has 0 aliphatic heterocycles. The van der Waals surface area contributed by atoms with E-state index in [1.54, 1.807) is 0 Å². The Morgan fingerprint density at radius 1 is 0.810 bits per heavy atom. The fourth-order valence-corrected chi connectivity index (χ4v) is 2.70. The molecule has 2 rings (SSSR count). The molecule has 2 aromatic rings. The standard InChI is InChI=1S/C19H24O2/c1-3-14-19(20,15-4-2)16-10-12-18(13-11-16)21-17-8-6-5-7-9-17/h5-13,20H,3-4,14-15H2,1-2H3. The fourth-order valence-electron chi connectivity index (χ4n) is 2.70. The molecule has 0 aromatic heterocycles. The minimum atomic E-state index is -0.714. The molecule has 0 fully saturated rings. The first-order chi connectivity index (χ1) is 10.2. The van der Waals surface area contributed by atoms with E-state index >= 15 is 0 Å². The molecule has 0 aliphatic carbocycles. The van der Waals surface area contributed by atoms with E-state index in [1.165, 1.54) is 0 Å². The van der Waals surface area contributed by atoms with Crippen LogP contribution in [0.15, 0.2) is 54.6 Å². The molecule has 0 aliphatic rings. The SMILES string of the molecule is CCCC(O)(CCC)c1ccc(Oc2ccccc2)cc1. The summed E-state index contributed by atoms with van der Waals surface area (Å²) in [6.07, 6.45) is 3.52. The van der Waals surface area contributed by atoms with Crippen molar-refractivity contribution in [1.29, 1.82) is 0 Å². The van der Waals surface area contributed by atoms with Crippen molar-refractivity contribution in [1.82, 2.24) is 0 Å². The summed E-state index contributed by atoms with van der Waals surface area (Å²) in [4.78, 5) is 0. The van der Waals surface area contributed by atoms with Crippen LogP contribution in [0.5, 0.6) is 11.5 Å². The van der Waals surface area contributed by atoms with Crippen LogP contribution in [0.1, 0.15) is 45.1 Å². The van der Waals surface area contributed by atoms with Crippen LogP contribution in [-0.4, -0.2) is 5.11 Å². The summed E-state index contributed by atoms with van der Waals surface area (Å²) in [5.41, 5.74) is 0.265. The van der Waals surface area contributed by atoms with Crippen LogP contribution in [-0.2, 0) is 5.60 Å². The van der Waals surface area contributed by atoms with Gasteiger partial charge in [-0.3, -0.25) is 0 Å². The van der Waals surface area contributed by atoms with Crippen molar-refractivity contribution in [2.24, 2.45) is 0 Å². The Labute approximate surface area is 127 Å². The molecule has 0 bridgehead atoms. The van der Waals surface area contributed by atoms with Gasteiger partial charge in [-0.2, -0.15) is 0 Å². The van der Waals surface area contributed by atoms with Crippen LogP contribution in [0, 0.1) is 0 Å². The third-order valence-corrected chi connectivity index (χ3v) is 3.70. The molecule has 0 amide bonds. The van der Waals surface area contributed by atoms with Gasteiger partial charge in [0.1, 0.15) is 11.5 Å². The van der Waals surface area contributed by atoms with Crippen LogP contribution in [0.2, 0.25) is 0 Å². The molecule has 0 radical (unpaired) electrons. The number of para-hydroxylation sites is 1. The number of hydrogen-bond donors (Lipinski definition) is 1. The minimum absolute atomic E-state index is 0.714. The summed E-state index contributed by atoms with van der Waals surface area (Å²) < 4.78 is 5.78. The Morgan fingerprint density at radius 3 is 1.86 bits per heavy atom. The molecule has 0 saturated heterocycles. The molecule has 2 aromatic carbocycles. The van der Waals surface area contributed by atoms with Crippen molar-refractivity contribution in [3.63, 3.8) is 0 Å². The Balaban J connectivity index is 2.14. The zero-order valence-corrected chi connectivity index (χ0v) is 12.9. The zero-order chi connectivity index (χ0) is 15.1. The zero-order valence-electron chi connectivity index (χ0n) is 12.9. The highest BCUT2D eigenvalue weighted by atomic mass is 16.5. The van der Waals surface area contributed by atoms with Crippen LogP contribution >= 0.6 is 0 Å². The highest BCUT2D eigenvalue weighted by Crippen LogP contribution is 2.33. The van der Waals surface area contributed by atoms with Crippen molar-refractivity contribution in [2.45, 2.75) is 45.1 Å². The van der Waals surface area contributed by atoms with Crippen molar-refractivity contribution >= 4 is 0 Å². The fraction of sp³-hybridized carbons (Fsp3) is 0.368. The minimum Gasteiger partial charge on any atom is -0.457 e. The second-order valence-corrected chi connectivity index (χ2v) is 5.47. The highest BCUT2D eigenvalue weighted by Gasteiger charge is 2.26. The Kier molecular flexibility index (Phi) is 5.40. The first-order valence-electron chi connectivity index (χ1n) is 7.74. The summed E-state index contributed by atoms with van der Waals surface area (Å²) in [5, 5.41) is 10.8. The van der Waals surface area contributed by atoms with Gasteiger partial charge >= 0.3 is 0 Å². The van der Waals surface area contributed by atoms with Crippen molar-refractivity contribution in [3.05, 3.63) is 60.2 Å². The highest BCUT2D eigenvalue weighted by molar-refractivity contribution is 5.34. The summed E-state index contributed by atoms with van der Waals surface area (Å²) in [6, 6.07) is 17.5. The normalized spacial score (nSPS) is 11.4. The second-order valence-electron chi connectivity index (χ2n) is 5.47. The maximum Gasteiger partial charge on any atom is 0.127 e. The topological polar surface area (TPSA) is 29.5 Å². The molecule has 2 nitrogen and oxygen atoms in total. The van der Waals surface area contributed by atoms with Gasteiger partial charge in [0.2, 0.25) is 0 Å². The molecule has 0 heterocycles. The van der Waals surface area contributed by atoms with Gasteiger partial charge in [0, 0.05) is 0 Å². The molecular weight excluding hydrogens is 260 g/mol. The summed E-state index contributed by atoms with van der Waals surface area (Å²) in [5.74, 6) is 1.61. The van der Waals surface area contributed by atoms with E-state index in [9.17, 15) is 5.11 Å². The molecule has 0 unspecified atom stereocenters. The second kappa shape index (κ2) is 7.28. The lowest BCUT2D eigenvalue weighted by molar-refractivity contribution is 0.0169.